The van der Waals surface area contributed by atoms with Crippen LogP contribution in [0.1, 0.15) is 27.3 Å². The number of fused-ring (bicyclic) bond motifs is 1. The van der Waals surface area contributed by atoms with Crippen LogP contribution < -0.4 is 0 Å². The first-order valence-electron chi connectivity index (χ1n) is 10.6. The van der Waals surface area contributed by atoms with Crippen molar-refractivity contribution in [1.29, 1.82) is 0 Å². The highest BCUT2D eigenvalue weighted by molar-refractivity contribution is 6.35. The fraction of sp³-hybridized carbons (Fsp3) is 0.160. The number of hydrogen-bond donors (Lipinski definition) is 0. The number of hydrogen-bond acceptors (Lipinski definition) is 4. The minimum absolute atomic E-state index is 0.0177. The third-order valence-electron chi connectivity index (χ3n) is 5.89. The van der Waals surface area contributed by atoms with Gasteiger partial charge in [-0.3, -0.25) is 14.8 Å². The predicted molar refractivity (Wildman–Crippen MR) is 132 cm³/mol. The van der Waals surface area contributed by atoms with Gasteiger partial charge in [-0.15, -0.1) is 0 Å². The quantitative estimate of drug-likeness (QED) is 0.246. The SMILES string of the molecule is O=C(c1c(C(F)(F)F)n(Cc2ccc(Cl)cc2Cl)c2ccc(Cl)cc12)C1(c2ccccn2)C=NCO1. The second kappa shape index (κ2) is 9.19. The van der Waals surface area contributed by atoms with E-state index >= 15 is 0 Å². The first-order valence-corrected chi connectivity index (χ1v) is 11.7. The summed E-state index contributed by atoms with van der Waals surface area (Å²) in [6.07, 6.45) is -2.30. The Labute approximate surface area is 218 Å². The third-order valence-corrected chi connectivity index (χ3v) is 6.71. The third kappa shape index (κ3) is 4.18. The van der Waals surface area contributed by atoms with E-state index in [4.69, 9.17) is 39.5 Å². The van der Waals surface area contributed by atoms with Crippen molar-refractivity contribution in [2.45, 2.75) is 18.3 Å². The van der Waals surface area contributed by atoms with E-state index in [1.54, 1.807) is 12.1 Å². The van der Waals surface area contributed by atoms with E-state index in [9.17, 15) is 18.0 Å². The van der Waals surface area contributed by atoms with Crippen LogP contribution in [-0.4, -0.2) is 28.3 Å². The summed E-state index contributed by atoms with van der Waals surface area (Å²) in [6, 6.07) is 13.5. The van der Waals surface area contributed by atoms with Gasteiger partial charge < -0.3 is 9.30 Å². The van der Waals surface area contributed by atoms with Gasteiger partial charge in [0, 0.05) is 44.9 Å². The Bertz CT molecular complexity index is 1520. The number of aromatic nitrogens is 2. The molecular formula is C25H15Cl3F3N3O2. The molecule has 1 atom stereocenters. The Morgan fingerprint density at radius 2 is 1.81 bits per heavy atom. The molecule has 5 rings (SSSR count). The Morgan fingerprint density at radius 1 is 1.06 bits per heavy atom. The van der Waals surface area contributed by atoms with Crippen LogP contribution >= 0.6 is 34.8 Å². The van der Waals surface area contributed by atoms with E-state index in [2.05, 4.69) is 9.98 Å². The topological polar surface area (TPSA) is 56.5 Å². The van der Waals surface area contributed by atoms with Crippen LogP contribution in [0.25, 0.3) is 10.9 Å². The number of carbonyl (C=O) groups is 1. The first kappa shape index (κ1) is 24.8. The summed E-state index contributed by atoms with van der Waals surface area (Å²) in [4.78, 5) is 22.3. The second-order valence-corrected chi connectivity index (χ2v) is 9.35. The molecule has 184 valence electrons. The number of nitrogens with zero attached hydrogens (tertiary/aromatic N) is 3. The van der Waals surface area contributed by atoms with E-state index in [1.807, 2.05) is 0 Å². The highest BCUT2D eigenvalue weighted by Crippen LogP contribution is 2.43. The van der Waals surface area contributed by atoms with Crippen LogP contribution in [0.15, 0.2) is 65.8 Å². The Morgan fingerprint density at radius 3 is 2.44 bits per heavy atom. The first-order chi connectivity index (χ1) is 17.1. The molecule has 3 heterocycles. The smallest absolute Gasteiger partial charge is 0.333 e. The van der Waals surface area contributed by atoms with Crippen LogP contribution in [-0.2, 0) is 23.1 Å². The maximum absolute atomic E-state index is 14.7. The van der Waals surface area contributed by atoms with E-state index in [0.717, 1.165) is 4.57 Å². The minimum atomic E-state index is -4.92. The van der Waals surface area contributed by atoms with E-state index < -0.39 is 28.8 Å². The molecule has 0 aliphatic carbocycles. The van der Waals surface area contributed by atoms with Crippen molar-refractivity contribution in [3.05, 3.63) is 98.4 Å². The molecule has 1 aliphatic heterocycles. The molecule has 0 spiro atoms. The monoisotopic (exact) mass is 551 g/mol. The summed E-state index contributed by atoms with van der Waals surface area (Å²) in [6.45, 7) is -0.481. The fourth-order valence-corrected chi connectivity index (χ4v) is 4.97. The number of Topliss-reactive ketones (excluding diaryl/α,β-unsaturated/α-hetero) is 1. The van der Waals surface area contributed by atoms with Gasteiger partial charge in [0.05, 0.1) is 11.3 Å². The summed E-state index contributed by atoms with van der Waals surface area (Å²) in [5.74, 6) is -0.956. The number of alkyl halides is 3. The summed E-state index contributed by atoms with van der Waals surface area (Å²) in [5, 5.41) is 0.717. The number of ether oxygens (including phenoxy) is 1. The molecule has 0 saturated heterocycles. The predicted octanol–water partition coefficient (Wildman–Crippen LogP) is 7.20. The minimum Gasteiger partial charge on any atom is -0.333 e. The largest absolute Gasteiger partial charge is 0.432 e. The molecule has 1 aliphatic rings. The number of pyridine rings is 1. The standard InChI is InChI=1S/C25H15Cl3F3N3O2/c26-15-6-7-19-17(9-15)21(23(35)24(12-32-13-36-24)20-3-1-2-8-33-20)22(25(29,30)31)34(19)11-14-4-5-16(27)10-18(14)28/h1-10,12H,11,13H2. The molecule has 11 heteroatoms. The van der Waals surface area contributed by atoms with Crippen LogP contribution in [0.4, 0.5) is 13.2 Å². The normalized spacial score (nSPS) is 17.7. The lowest BCUT2D eigenvalue weighted by Gasteiger charge is -2.24. The number of carbonyl (C=O) groups excluding carboxylic acids is 1. The molecule has 36 heavy (non-hydrogen) atoms. The van der Waals surface area contributed by atoms with Crippen molar-refractivity contribution >= 4 is 57.7 Å². The fourth-order valence-electron chi connectivity index (χ4n) is 4.33. The van der Waals surface area contributed by atoms with Crippen LogP contribution in [0, 0.1) is 0 Å². The van der Waals surface area contributed by atoms with Crippen molar-refractivity contribution < 1.29 is 22.7 Å². The van der Waals surface area contributed by atoms with Gasteiger partial charge in [-0.05, 0) is 48.0 Å². The molecule has 0 bridgehead atoms. The summed E-state index contributed by atoms with van der Waals surface area (Å²) < 4.78 is 50.9. The summed E-state index contributed by atoms with van der Waals surface area (Å²) >= 11 is 18.4. The summed E-state index contributed by atoms with van der Waals surface area (Å²) in [7, 11) is 0. The van der Waals surface area contributed by atoms with Crippen molar-refractivity contribution in [2.24, 2.45) is 4.99 Å². The highest BCUT2D eigenvalue weighted by Gasteiger charge is 2.50. The van der Waals surface area contributed by atoms with E-state index in [1.165, 1.54) is 54.9 Å². The Kier molecular flexibility index (Phi) is 6.32. The molecule has 0 radical (unpaired) electrons. The van der Waals surface area contributed by atoms with Gasteiger partial charge in [-0.1, -0.05) is 46.9 Å². The molecule has 0 fully saturated rings. The van der Waals surface area contributed by atoms with Crippen LogP contribution in [0.3, 0.4) is 0 Å². The molecule has 2 aromatic carbocycles. The van der Waals surface area contributed by atoms with Crippen molar-refractivity contribution in [1.82, 2.24) is 9.55 Å². The maximum atomic E-state index is 14.7. The number of ketones is 1. The van der Waals surface area contributed by atoms with Gasteiger partial charge in [-0.25, -0.2) is 0 Å². The molecule has 0 N–H and O–H groups in total. The molecule has 0 amide bonds. The Balaban J connectivity index is 1.80. The number of benzene rings is 2. The summed E-state index contributed by atoms with van der Waals surface area (Å²) in [5.41, 5.74) is -3.03. The number of halogens is 6. The highest BCUT2D eigenvalue weighted by atomic mass is 35.5. The lowest BCUT2D eigenvalue weighted by molar-refractivity contribution is -0.143. The lowest BCUT2D eigenvalue weighted by atomic mass is 9.88. The van der Waals surface area contributed by atoms with Crippen LogP contribution in [0.2, 0.25) is 15.1 Å². The molecule has 0 saturated carbocycles. The average molecular weight is 553 g/mol. The van der Waals surface area contributed by atoms with E-state index in [0.29, 0.717) is 10.6 Å². The average Bonchev–Trinajstić information content (AvgIpc) is 3.45. The van der Waals surface area contributed by atoms with Crippen LogP contribution in [0.5, 0.6) is 0 Å². The van der Waals surface area contributed by atoms with Gasteiger partial charge in [0.2, 0.25) is 11.4 Å². The zero-order valence-electron chi connectivity index (χ0n) is 18.2. The lowest BCUT2D eigenvalue weighted by Crippen LogP contribution is -2.39. The van der Waals surface area contributed by atoms with Crippen molar-refractivity contribution in [3.8, 4) is 0 Å². The van der Waals surface area contributed by atoms with Gasteiger partial charge in [-0.2, -0.15) is 13.2 Å². The zero-order valence-corrected chi connectivity index (χ0v) is 20.5. The van der Waals surface area contributed by atoms with Gasteiger partial charge in [0.1, 0.15) is 12.4 Å². The zero-order chi connectivity index (χ0) is 25.7. The van der Waals surface area contributed by atoms with Gasteiger partial charge >= 0.3 is 6.18 Å². The molecule has 4 aromatic rings. The second-order valence-electron chi connectivity index (χ2n) is 8.07. The van der Waals surface area contributed by atoms with E-state index in [-0.39, 0.29) is 39.9 Å². The molecular weight excluding hydrogens is 538 g/mol. The number of rotatable bonds is 5. The molecule has 2 aromatic heterocycles. The van der Waals surface area contributed by atoms with Gasteiger partial charge in [0.15, 0.2) is 0 Å². The maximum Gasteiger partial charge on any atom is 0.432 e. The molecule has 5 nitrogen and oxygen atoms in total. The number of aliphatic imine (C=N–C) groups is 1. The van der Waals surface area contributed by atoms with Gasteiger partial charge in [0.25, 0.3) is 0 Å². The van der Waals surface area contributed by atoms with Crippen molar-refractivity contribution in [2.75, 3.05) is 6.73 Å². The molecule has 1 unspecified atom stereocenters. The Hall–Kier alpha value is -2.91. The van der Waals surface area contributed by atoms with Crippen molar-refractivity contribution in [3.63, 3.8) is 0 Å².